The van der Waals surface area contributed by atoms with Crippen molar-refractivity contribution in [1.29, 1.82) is 0 Å². The van der Waals surface area contributed by atoms with E-state index in [1.165, 1.54) is 34.4 Å². The average molecular weight is 498 g/mol. The Morgan fingerprint density at radius 3 is 2.72 bits per heavy atom. The minimum Gasteiger partial charge on any atom is -0.488 e. The topological polar surface area (TPSA) is 80.3 Å². The number of thiazole rings is 1. The minimum absolute atomic E-state index is 0.0216. The first-order valence-electron chi connectivity index (χ1n) is 9.54. The smallest absolute Gasteiger partial charge is 0.266 e. The SMILES string of the molecule is O=S(=O)(Nc1cscn1)c1cc(Cl)c(OCC2=C(c3ccc(F)cc3)CCNC2)cc1F. The van der Waals surface area contributed by atoms with E-state index in [1.807, 2.05) is 0 Å². The zero-order chi connectivity index (χ0) is 22.7. The fraction of sp³-hybridized carbons (Fsp3) is 0.190. The van der Waals surface area contributed by atoms with Gasteiger partial charge in [-0.15, -0.1) is 11.3 Å². The lowest BCUT2D eigenvalue weighted by atomic mass is 9.94. The van der Waals surface area contributed by atoms with E-state index in [1.54, 1.807) is 12.1 Å². The molecule has 0 aliphatic carbocycles. The number of nitrogens with zero attached hydrogens (tertiary/aromatic N) is 1. The van der Waals surface area contributed by atoms with Crippen molar-refractivity contribution in [2.75, 3.05) is 24.4 Å². The standard InChI is InChI=1S/C21H18ClF2N3O3S2/c22-17-7-20(32(28,29)27-21-11-31-12-26-21)18(24)8-19(17)30-10-14-9-25-6-5-16(14)13-1-3-15(23)4-2-13/h1-4,7-8,11-12,25,27H,5-6,9-10H2. The van der Waals surface area contributed by atoms with Crippen LogP contribution in [0.15, 0.2) is 57.8 Å². The number of nitrogens with one attached hydrogen (secondary N) is 2. The number of sulfonamides is 1. The van der Waals surface area contributed by atoms with E-state index in [4.69, 9.17) is 16.3 Å². The van der Waals surface area contributed by atoms with Crippen LogP contribution in [0.5, 0.6) is 5.75 Å². The molecule has 1 aromatic heterocycles. The summed E-state index contributed by atoms with van der Waals surface area (Å²) in [6.45, 7) is 1.43. The molecule has 4 rings (SSSR count). The van der Waals surface area contributed by atoms with Crippen LogP contribution in [0.2, 0.25) is 5.02 Å². The number of hydrogen-bond donors (Lipinski definition) is 2. The number of halogens is 3. The summed E-state index contributed by atoms with van der Waals surface area (Å²) in [6, 6.07) is 8.17. The summed E-state index contributed by atoms with van der Waals surface area (Å²) >= 11 is 7.41. The summed E-state index contributed by atoms with van der Waals surface area (Å²) in [5, 5.41) is 4.69. The first kappa shape index (κ1) is 22.7. The molecule has 0 spiro atoms. The summed E-state index contributed by atoms with van der Waals surface area (Å²) in [5.41, 5.74) is 4.28. The van der Waals surface area contributed by atoms with Gasteiger partial charge in [0.25, 0.3) is 10.0 Å². The predicted molar refractivity (Wildman–Crippen MR) is 121 cm³/mol. The lowest BCUT2D eigenvalue weighted by Gasteiger charge is -2.22. The van der Waals surface area contributed by atoms with Gasteiger partial charge in [0.15, 0.2) is 5.82 Å². The molecule has 32 heavy (non-hydrogen) atoms. The zero-order valence-corrected chi connectivity index (χ0v) is 19.0. The first-order valence-corrected chi connectivity index (χ1v) is 12.3. The number of aromatic nitrogens is 1. The Labute approximate surface area is 193 Å². The van der Waals surface area contributed by atoms with E-state index in [9.17, 15) is 17.2 Å². The Morgan fingerprint density at radius 1 is 1.22 bits per heavy atom. The minimum atomic E-state index is -4.21. The Balaban J connectivity index is 1.55. The van der Waals surface area contributed by atoms with Gasteiger partial charge in [0.05, 0.1) is 10.5 Å². The van der Waals surface area contributed by atoms with Crippen LogP contribution in [0, 0.1) is 11.6 Å². The molecule has 3 aromatic rings. The van der Waals surface area contributed by atoms with Crippen LogP contribution in [0.25, 0.3) is 5.57 Å². The van der Waals surface area contributed by atoms with Gasteiger partial charge in [-0.3, -0.25) is 4.72 Å². The number of ether oxygens (including phenoxy) is 1. The van der Waals surface area contributed by atoms with E-state index < -0.39 is 20.7 Å². The van der Waals surface area contributed by atoms with Gasteiger partial charge < -0.3 is 10.1 Å². The highest BCUT2D eigenvalue weighted by atomic mass is 35.5. The maximum absolute atomic E-state index is 14.7. The molecule has 1 aliphatic heterocycles. The monoisotopic (exact) mass is 497 g/mol. The molecule has 0 atom stereocenters. The molecule has 0 saturated heterocycles. The van der Waals surface area contributed by atoms with Gasteiger partial charge >= 0.3 is 0 Å². The lowest BCUT2D eigenvalue weighted by Crippen LogP contribution is -2.27. The molecule has 0 saturated carbocycles. The predicted octanol–water partition coefficient (Wildman–Crippen LogP) is 4.70. The van der Waals surface area contributed by atoms with E-state index in [2.05, 4.69) is 15.0 Å². The summed E-state index contributed by atoms with van der Waals surface area (Å²) in [5.74, 6) is -1.20. The highest BCUT2D eigenvalue weighted by Gasteiger charge is 2.23. The number of hydrogen-bond acceptors (Lipinski definition) is 6. The molecule has 2 heterocycles. The zero-order valence-electron chi connectivity index (χ0n) is 16.6. The normalized spacial score (nSPS) is 14.5. The Morgan fingerprint density at radius 2 is 2.00 bits per heavy atom. The van der Waals surface area contributed by atoms with Gasteiger partial charge in [-0.05, 0) is 47.9 Å². The van der Waals surface area contributed by atoms with E-state index in [0.29, 0.717) is 6.54 Å². The van der Waals surface area contributed by atoms with Crippen molar-refractivity contribution in [3.63, 3.8) is 0 Å². The maximum atomic E-state index is 14.7. The van der Waals surface area contributed by atoms with Crippen LogP contribution >= 0.6 is 22.9 Å². The Kier molecular flexibility index (Phi) is 6.75. The molecule has 2 aromatic carbocycles. The third-order valence-corrected chi connectivity index (χ3v) is 7.11. The molecule has 0 fully saturated rings. The van der Waals surface area contributed by atoms with Gasteiger partial charge in [0.1, 0.15) is 28.9 Å². The average Bonchev–Trinajstić information content (AvgIpc) is 3.27. The third kappa shape index (κ3) is 5.09. The highest BCUT2D eigenvalue weighted by Crippen LogP contribution is 2.32. The molecule has 168 valence electrons. The Hall–Kier alpha value is -2.53. The quantitative estimate of drug-likeness (QED) is 0.494. The van der Waals surface area contributed by atoms with Crippen LogP contribution in [-0.4, -0.2) is 33.1 Å². The molecule has 2 N–H and O–H groups in total. The maximum Gasteiger partial charge on any atom is 0.266 e. The highest BCUT2D eigenvalue weighted by molar-refractivity contribution is 7.92. The first-order chi connectivity index (χ1) is 15.3. The van der Waals surface area contributed by atoms with Crippen molar-refractivity contribution < 1.29 is 21.9 Å². The number of benzene rings is 2. The second-order valence-electron chi connectivity index (χ2n) is 7.00. The van der Waals surface area contributed by atoms with Gasteiger partial charge in [-0.2, -0.15) is 0 Å². The van der Waals surface area contributed by atoms with Crippen molar-refractivity contribution in [1.82, 2.24) is 10.3 Å². The van der Waals surface area contributed by atoms with Gasteiger partial charge in [0, 0.05) is 18.0 Å². The van der Waals surface area contributed by atoms with Crippen LogP contribution in [-0.2, 0) is 10.0 Å². The largest absolute Gasteiger partial charge is 0.488 e. The summed E-state index contributed by atoms with van der Waals surface area (Å²) in [7, 11) is -4.21. The molecule has 0 bridgehead atoms. The Bertz CT molecular complexity index is 1250. The summed E-state index contributed by atoms with van der Waals surface area (Å²) in [6.07, 6.45) is 0.728. The molecular weight excluding hydrogens is 480 g/mol. The van der Waals surface area contributed by atoms with Crippen molar-refractivity contribution in [2.45, 2.75) is 11.3 Å². The van der Waals surface area contributed by atoms with Crippen molar-refractivity contribution in [3.05, 3.63) is 75.1 Å². The second-order valence-corrected chi connectivity index (χ2v) is 9.77. The molecule has 11 heteroatoms. The molecule has 1 aliphatic rings. The number of anilines is 1. The van der Waals surface area contributed by atoms with Crippen LogP contribution < -0.4 is 14.8 Å². The van der Waals surface area contributed by atoms with Crippen LogP contribution in [0.3, 0.4) is 0 Å². The van der Waals surface area contributed by atoms with Crippen molar-refractivity contribution in [3.8, 4) is 5.75 Å². The van der Waals surface area contributed by atoms with Gasteiger partial charge in [-0.25, -0.2) is 22.2 Å². The molecule has 0 radical (unpaired) electrons. The summed E-state index contributed by atoms with van der Waals surface area (Å²) < 4.78 is 60.8. The van der Waals surface area contributed by atoms with Gasteiger partial charge in [-0.1, -0.05) is 23.7 Å². The third-order valence-electron chi connectivity index (χ3n) is 4.86. The van der Waals surface area contributed by atoms with Crippen molar-refractivity contribution >= 4 is 44.4 Å². The van der Waals surface area contributed by atoms with E-state index in [-0.39, 0.29) is 29.0 Å². The molecular formula is C21H18ClF2N3O3S2. The molecule has 0 amide bonds. The fourth-order valence-electron chi connectivity index (χ4n) is 3.32. The van der Waals surface area contributed by atoms with E-state index >= 15 is 0 Å². The lowest BCUT2D eigenvalue weighted by molar-refractivity contribution is 0.344. The van der Waals surface area contributed by atoms with Crippen molar-refractivity contribution in [2.24, 2.45) is 0 Å². The molecule has 6 nitrogen and oxygen atoms in total. The fourth-order valence-corrected chi connectivity index (χ4v) is 5.25. The molecule has 0 unspecified atom stereocenters. The number of rotatable bonds is 7. The van der Waals surface area contributed by atoms with Crippen LogP contribution in [0.1, 0.15) is 12.0 Å². The second kappa shape index (κ2) is 9.53. The van der Waals surface area contributed by atoms with E-state index in [0.717, 1.165) is 41.8 Å². The van der Waals surface area contributed by atoms with Gasteiger partial charge in [0.2, 0.25) is 0 Å². The summed E-state index contributed by atoms with van der Waals surface area (Å²) in [4.78, 5) is 3.23. The van der Waals surface area contributed by atoms with Crippen LogP contribution in [0.4, 0.5) is 14.6 Å².